The first-order valence-corrected chi connectivity index (χ1v) is 4.13. The molecule has 2 N–H and O–H groups in total. The maximum Gasteiger partial charge on any atom is 0.0718 e. The smallest absolute Gasteiger partial charge is 0.0718 e. The van der Waals surface area contributed by atoms with E-state index in [1.807, 2.05) is 13.8 Å². The number of rotatable bonds is 2. The van der Waals surface area contributed by atoms with E-state index in [1.54, 1.807) is 12.1 Å². The van der Waals surface area contributed by atoms with Crippen molar-refractivity contribution >= 4 is 11.7 Å². The van der Waals surface area contributed by atoms with E-state index in [0.29, 0.717) is 5.69 Å². The van der Waals surface area contributed by atoms with Crippen LogP contribution in [-0.4, -0.2) is 5.97 Å². The van der Waals surface area contributed by atoms with Gasteiger partial charge in [-0.1, -0.05) is 19.9 Å². The largest absolute Gasteiger partial charge is 0.545 e. The molecule has 0 bridgehead atoms. The van der Waals surface area contributed by atoms with Crippen molar-refractivity contribution in [3.8, 4) is 0 Å². The standard InChI is InChI=1S/C10H13NO2/c1-6(2)9-5-7(11)3-4-8(9)10(12)13/h3-6H,11H2,1-2H3,(H,12,13)/p-1. The first-order chi connectivity index (χ1) is 6.02. The van der Waals surface area contributed by atoms with E-state index in [4.69, 9.17) is 5.73 Å². The van der Waals surface area contributed by atoms with Gasteiger partial charge in [-0.25, -0.2) is 0 Å². The second-order valence-electron chi connectivity index (χ2n) is 3.29. The zero-order valence-electron chi connectivity index (χ0n) is 7.70. The molecule has 0 saturated carbocycles. The molecule has 0 fully saturated rings. The van der Waals surface area contributed by atoms with Gasteiger partial charge in [-0.15, -0.1) is 0 Å². The Bertz CT molecular complexity index is 332. The third-order valence-electron chi connectivity index (χ3n) is 1.92. The predicted octanol–water partition coefficient (Wildman–Crippen LogP) is 0.756. The van der Waals surface area contributed by atoms with Crippen LogP contribution in [0.1, 0.15) is 35.7 Å². The van der Waals surface area contributed by atoms with Gasteiger partial charge in [0.25, 0.3) is 0 Å². The number of hydrogen-bond acceptors (Lipinski definition) is 3. The topological polar surface area (TPSA) is 66.2 Å². The minimum Gasteiger partial charge on any atom is -0.545 e. The summed E-state index contributed by atoms with van der Waals surface area (Å²) >= 11 is 0. The number of carbonyl (C=O) groups is 1. The van der Waals surface area contributed by atoms with Crippen molar-refractivity contribution in [3.63, 3.8) is 0 Å². The summed E-state index contributed by atoms with van der Waals surface area (Å²) in [5.74, 6) is -1.01. The van der Waals surface area contributed by atoms with Gasteiger partial charge < -0.3 is 15.6 Å². The highest BCUT2D eigenvalue weighted by Gasteiger charge is 2.07. The second-order valence-corrected chi connectivity index (χ2v) is 3.29. The molecule has 0 aliphatic heterocycles. The van der Waals surface area contributed by atoms with E-state index in [-0.39, 0.29) is 11.5 Å². The number of carboxylic acid groups (broad SMARTS) is 1. The van der Waals surface area contributed by atoms with Crippen LogP contribution in [0.15, 0.2) is 18.2 Å². The Morgan fingerprint density at radius 3 is 2.54 bits per heavy atom. The molecule has 70 valence electrons. The van der Waals surface area contributed by atoms with Crippen LogP contribution in [0, 0.1) is 0 Å². The molecular weight excluding hydrogens is 166 g/mol. The fourth-order valence-corrected chi connectivity index (χ4v) is 1.24. The van der Waals surface area contributed by atoms with Gasteiger partial charge in [0, 0.05) is 11.3 Å². The van der Waals surface area contributed by atoms with Crippen LogP contribution >= 0.6 is 0 Å². The number of benzene rings is 1. The van der Waals surface area contributed by atoms with Crippen LogP contribution in [0.5, 0.6) is 0 Å². The lowest BCUT2D eigenvalue weighted by Crippen LogP contribution is -2.24. The molecule has 13 heavy (non-hydrogen) atoms. The van der Waals surface area contributed by atoms with E-state index in [2.05, 4.69) is 0 Å². The fraction of sp³-hybridized carbons (Fsp3) is 0.300. The lowest BCUT2D eigenvalue weighted by Gasteiger charge is -2.13. The number of anilines is 1. The third-order valence-corrected chi connectivity index (χ3v) is 1.92. The third kappa shape index (κ3) is 1.99. The van der Waals surface area contributed by atoms with Crippen molar-refractivity contribution in [1.29, 1.82) is 0 Å². The van der Waals surface area contributed by atoms with Crippen molar-refractivity contribution in [2.45, 2.75) is 19.8 Å². The molecule has 0 aliphatic rings. The highest BCUT2D eigenvalue weighted by molar-refractivity contribution is 5.88. The lowest BCUT2D eigenvalue weighted by atomic mass is 9.97. The molecule has 0 atom stereocenters. The van der Waals surface area contributed by atoms with Crippen molar-refractivity contribution in [1.82, 2.24) is 0 Å². The Morgan fingerprint density at radius 2 is 2.08 bits per heavy atom. The van der Waals surface area contributed by atoms with Gasteiger partial charge in [0.05, 0.1) is 5.97 Å². The second kappa shape index (κ2) is 3.47. The summed E-state index contributed by atoms with van der Waals surface area (Å²) in [6.07, 6.45) is 0. The lowest BCUT2D eigenvalue weighted by molar-refractivity contribution is -0.255. The normalized spacial score (nSPS) is 10.4. The van der Waals surface area contributed by atoms with Crippen LogP contribution < -0.4 is 10.8 Å². The Labute approximate surface area is 77.2 Å². The molecule has 0 amide bonds. The average molecular weight is 178 g/mol. The summed E-state index contributed by atoms with van der Waals surface area (Å²) in [6.45, 7) is 3.84. The molecule has 0 aliphatic carbocycles. The quantitative estimate of drug-likeness (QED) is 0.680. The minimum absolute atomic E-state index is 0.136. The van der Waals surface area contributed by atoms with E-state index in [1.165, 1.54) is 6.07 Å². The van der Waals surface area contributed by atoms with Crippen LogP contribution in [0.2, 0.25) is 0 Å². The van der Waals surface area contributed by atoms with Crippen LogP contribution in [0.4, 0.5) is 5.69 Å². The molecule has 1 rings (SSSR count). The Hall–Kier alpha value is -1.51. The van der Waals surface area contributed by atoms with Crippen LogP contribution in [0.25, 0.3) is 0 Å². The molecule has 3 nitrogen and oxygen atoms in total. The van der Waals surface area contributed by atoms with Crippen molar-refractivity contribution < 1.29 is 9.90 Å². The monoisotopic (exact) mass is 178 g/mol. The SMILES string of the molecule is CC(C)c1cc(N)ccc1C(=O)[O-]. The summed E-state index contributed by atoms with van der Waals surface area (Å²) in [5.41, 5.74) is 7.08. The van der Waals surface area contributed by atoms with Gasteiger partial charge in [0.2, 0.25) is 0 Å². The molecule has 1 aromatic rings. The summed E-state index contributed by atoms with van der Waals surface area (Å²) in [6, 6.07) is 4.73. The van der Waals surface area contributed by atoms with Crippen molar-refractivity contribution in [2.24, 2.45) is 0 Å². The Kier molecular flexibility index (Phi) is 2.56. The highest BCUT2D eigenvalue weighted by Crippen LogP contribution is 2.21. The summed E-state index contributed by atoms with van der Waals surface area (Å²) in [4.78, 5) is 10.7. The van der Waals surface area contributed by atoms with Gasteiger partial charge in [-0.05, 0) is 23.6 Å². The number of hydrogen-bond donors (Lipinski definition) is 1. The number of carbonyl (C=O) groups excluding carboxylic acids is 1. The zero-order valence-corrected chi connectivity index (χ0v) is 7.70. The van der Waals surface area contributed by atoms with Crippen molar-refractivity contribution in [2.75, 3.05) is 5.73 Å². The first-order valence-electron chi connectivity index (χ1n) is 4.13. The molecule has 3 heteroatoms. The number of aromatic carboxylic acids is 1. The summed E-state index contributed by atoms with van der Waals surface area (Å²) < 4.78 is 0. The summed E-state index contributed by atoms with van der Waals surface area (Å²) in [5, 5.41) is 10.7. The van der Waals surface area contributed by atoms with E-state index < -0.39 is 5.97 Å². The average Bonchev–Trinajstić information content (AvgIpc) is 2.03. The number of nitrogen functional groups attached to an aromatic ring is 1. The van der Waals surface area contributed by atoms with Gasteiger partial charge in [-0.3, -0.25) is 0 Å². The molecule has 0 heterocycles. The molecular formula is C10H12NO2-. The van der Waals surface area contributed by atoms with Gasteiger partial charge in [0.15, 0.2) is 0 Å². The first kappa shape index (κ1) is 9.58. The maximum absolute atomic E-state index is 10.7. The van der Waals surface area contributed by atoms with E-state index in [0.717, 1.165) is 5.56 Å². The predicted molar refractivity (Wildman–Crippen MR) is 49.3 cm³/mol. The fourth-order valence-electron chi connectivity index (χ4n) is 1.24. The number of nitrogens with two attached hydrogens (primary N) is 1. The minimum atomic E-state index is -1.15. The highest BCUT2D eigenvalue weighted by atomic mass is 16.4. The van der Waals surface area contributed by atoms with Crippen molar-refractivity contribution in [3.05, 3.63) is 29.3 Å². The molecule has 0 unspecified atom stereocenters. The Morgan fingerprint density at radius 1 is 1.46 bits per heavy atom. The molecule has 0 saturated heterocycles. The van der Waals surface area contributed by atoms with Gasteiger partial charge in [-0.2, -0.15) is 0 Å². The molecule has 0 spiro atoms. The van der Waals surface area contributed by atoms with E-state index >= 15 is 0 Å². The summed E-state index contributed by atoms with van der Waals surface area (Å²) in [7, 11) is 0. The van der Waals surface area contributed by atoms with Crippen LogP contribution in [-0.2, 0) is 0 Å². The number of carboxylic acids is 1. The molecule has 0 aromatic heterocycles. The van der Waals surface area contributed by atoms with E-state index in [9.17, 15) is 9.90 Å². The van der Waals surface area contributed by atoms with Crippen LogP contribution in [0.3, 0.4) is 0 Å². The molecule has 1 aromatic carbocycles. The van der Waals surface area contributed by atoms with Gasteiger partial charge in [0.1, 0.15) is 0 Å². The van der Waals surface area contributed by atoms with Gasteiger partial charge >= 0.3 is 0 Å². The maximum atomic E-state index is 10.7. The molecule has 0 radical (unpaired) electrons. The Balaban J connectivity index is 3.26. The zero-order chi connectivity index (χ0) is 10.0.